The van der Waals surface area contributed by atoms with Crippen molar-refractivity contribution in [1.29, 1.82) is 0 Å². The van der Waals surface area contributed by atoms with Crippen molar-refractivity contribution in [2.24, 2.45) is 11.8 Å². The number of rotatable bonds is 109. The first-order valence-corrected chi connectivity index (χ1v) is 54.3. The molecule has 0 radical (unpaired) electrons. The molecule has 0 aliphatic heterocycles. The first-order chi connectivity index (χ1) is 64.4. The van der Waals surface area contributed by atoms with Crippen LogP contribution in [-0.2, 0) is 90.5 Å². The van der Waals surface area contributed by atoms with Gasteiger partial charge in [-0.3, -0.25) is 38.4 Å². The van der Waals surface area contributed by atoms with Crippen molar-refractivity contribution in [2.45, 2.75) is 461 Å². The Morgan fingerprint density at radius 2 is 0.388 bits per heavy atom. The summed E-state index contributed by atoms with van der Waals surface area (Å²) in [6.45, 7) is 24.7. The molecule has 0 spiro atoms. The number of nitrogens with one attached hydrogen (secondary N) is 6. The first kappa shape index (κ1) is 138. The van der Waals surface area contributed by atoms with E-state index < -0.39 is 0 Å². The summed E-state index contributed by atoms with van der Waals surface area (Å²) in [5, 5.41) is 18.0. The van der Waals surface area contributed by atoms with Gasteiger partial charge in [-0.25, -0.2) is 0 Å². The molecule has 0 aliphatic carbocycles. The Balaban J connectivity index is -0.000000814. The third kappa shape index (κ3) is 113. The van der Waals surface area contributed by atoms with Crippen LogP contribution >= 0.6 is 0 Å². The third-order valence-electron chi connectivity index (χ3n) is 23.5. The maximum atomic E-state index is 13.3. The predicted octanol–water partition coefficient (Wildman–Crippen LogP) is 23.4. The second-order valence-electron chi connectivity index (χ2n) is 36.0. The lowest BCUT2D eigenvalue weighted by atomic mass is 9.93. The number of carbonyl (C=O) groups excluding carboxylic acids is 8. The fraction of sp³-hybridized carbons (Fsp3) is 0.927. The summed E-state index contributed by atoms with van der Waals surface area (Å²) >= 11 is 0. The molecule has 0 rings (SSSR count). The van der Waals surface area contributed by atoms with E-state index in [2.05, 4.69) is 59.6 Å². The molecule has 0 fully saturated rings. The van der Waals surface area contributed by atoms with Gasteiger partial charge < -0.3 is 84.0 Å². The smallest absolute Gasteiger partial charge is 0.223 e. The zero-order valence-corrected chi connectivity index (χ0v) is 85.6. The van der Waals surface area contributed by atoms with E-state index in [0.29, 0.717) is 249 Å². The second kappa shape index (κ2) is 119. The SMILES string of the molecule is C.C.C.CCCCCCCCCCCCCC(=O)C[C@H](CCCCNC(=O)CCCCCCCCCCCCC)C(=O)NCCCOCCOCCOCCCNC(=O)CCOCCC.CCCCCCCCCCCCCC(=O)C[C@H](CCCCNC(=O)CCCCCCCCCCCCC)C(=O)NCCCOCCOCCOCCCNC(=O)CCOCCOCCOCCOC. The van der Waals surface area contributed by atoms with Crippen molar-refractivity contribution in [1.82, 2.24) is 31.9 Å². The molecule has 25 heteroatoms. The van der Waals surface area contributed by atoms with E-state index in [1.165, 1.54) is 231 Å². The van der Waals surface area contributed by atoms with Crippen LogP contribution in [0, 0.1) is 11.8 Å². The quantitative estimate of drug-likeness (QED) is 0.0308. The van der Waals surface area contributed by atoms with Gasteiger partial charge in [0.05, 0.1) is 106 Å². The average Bonchev–Trinajstić information content (AvgIpc) is 0.922. The van der Waals surface area contributed by atoms with Gasteiger partial charge >= 0.3 is 0 Å². The van der Waals surface area contributed by atoms with Gasteiger partial charge in [0.15, 0.2) is 0 Å². The minimum absolute atomic E-state index is 0. The molecule has 0 heterocycles. The van der Waals surface area contributed by atoms with Gasteiger partial charge in [0.25, 0.3) is 0 Å². The van der Waals surface area contributed by atoms with Crippen LogP contribution in [-0.4, -0.2) is 232 Å². The monoisotopic (exact) mass is 1920 g/mol. The third-order valence-corrected chi connectivity index (χ3v) is 23.5. The second-order valence-corrected chi connectivity index (χ2v) is 36.0. The fourth-order valence-corrected chi connectivity index (χ4v) is 15.3. The number of Topliss-reactive ketones (excluding diaryl/α,β-unsaturated/α-hetero) is 2. The molecule has 0 saturated heterocycles. The fourth-order valence-electron chi connectivity index (χ4n) is 15.3. The van der Waals surface area contributed by atoms with Crippen molar-refractivity contribution in [3.8, 4) is 0 Å². The summed E-state index contributed by atoms with van der Waals surface area (Å²) in [5.74, 6) is -0.259. The Morgan fingerprint density at radius 3 is 0.642 bits per heavy atom. The molecule has 134 heavy (non-hydrogen) atoms. The van der Waals surface area contributed by atoms with Gasteiger partial charge in [0.1, 0.15) is 11.6 Å². The standard InChI is InChI=1S/C55H107N3O11.C51H99N3O8.3CH4/c1-4-6-8-10-12-14-16-18-20-22-24-31-52(59)50-51(30-26-27-34-56-53(60)32-25-23-21-19-17-15-13-11-9-7-5-2)55(62)58-36-29-38-65-43-46-68-45-42-64-37-28-35-57-54(61)33-39-66-44-47-69-49-48-67-41-40-63-3;1-4-7-9-11-13-15-17-19-21-23-25-32-48(55)46-47(31-27-28-35-52-49(56)33-26-24-22-20-18-16-14-12-10-8-5-2)51(58)54-37-30-40-61-43-45-62-44-42-60-39-29-36-53-50(57)34-41-59-38-6-3;;;/h51H,4-50H2,1-3H3,(H,56,60)(H,57,61)(H,58,62);47H,4-46H2,1-3H3,(H,52,56)(H,53,57)(H,54,58);3*1H4/t51-;47-;;;/m00.../s1. The van der Waals surface area contributed by atoms with Crippen molar-refractivity contribution in [2.75, 3.05) is 185 Å². The molecule has 0 bridgehead atoms. The number of ketones is 2. The lowest BCUT2D eigenvalue weighted by Gasteiger charge is -2.17. The summed E-state index contributed by atoms with van der Waals surface area (Å²) in [7, 11) is 1.63. The molecule has 0 aromatic carbocycles. The molecule has 6 amide bonds. The number of ether oxygens (including phenoxy) is 11. The summed E-state index contributed by atoms with van der Waals surface area (Å²) in [4.78, 5) is 101. The maximum Gasteiger partial charge on any atom is 0.223 e. The van der Waals surface area contributed by atoms with Crippen molar-refractivity contribution < 1.29 is 90.5 Å². The molecule has 0 unspecified atom stereocenters. The average molecular weight is 1920 g/mol. The molecule has 0 aromatic heterocycles. The van der Waals surface area contributed by atoms with Crippen LogP contribution in [0.1, 0.15) is 461 Å². The molecule has 2 atom stereocenters. The normalized spacial score (nSPS) is 11.5. The summed E-state index contributed by atoms with van der Waals surface area (Å²) < 4.78 is 60.2. The number of hydrogen-bond acceptors (Lipinski definition) is 19. The number of carbonyl (C=O) groups is 8. The zero-order valence-electron chi connectivity index (χ0n) is 85.6. The highest BCUT2D eigenvalue weighted by Gasteiger charge is 2.24. The van der Waals surface area contributed by atoms with Crippen LogP contribution in [0.4, 0.5) is 0 Å². The van der Waals surface area contributed by atoms with E-state index in [-0.39, 0.29) is 94.0 Å². The molecule has 25 nitrogen and oxygen atoms in total. The van der Waals surface area contributed by atoms with Gasteiger partial charge in [-0.2, -0.15) is 0 Å². The largest absolute Gasteiger partial charge is 0.382 e. The van der Waals surface area contributed by atoms with E-state index in [9.17, 15) is 38.4 Å². The van der Waals surface area contributed by atoms with E-state index in [1.54, 1.807) is 7.11 Å². The Hall–Kier alpha value is -4.28. The highest BCUT2D eigenvalue weighted by molar-refractivity contribution is 5.87. The summed E-state index contributed by atoms with van der Waals surface area (Å²) in [6, 6.07) is 0. The molecular weight excluding hydrogens is 1700 g/mol. The zero-order chi connectivity index (χ0) is 95.4. The van der Waals surface area contributed by atoms with Crippen molar-refractivity contribution in [3.05, 3.63) is 0 Å². The van der Waals surface area contributed by atoms with E-state index >= 15 is 0 Å². The van der Waals surface area contributed by atoms with Gasteiger partial charge in [-0.1, -0.05) is 327 Å². The Kier molecular flexibility index (Phi) is 123. The topological polar surface area (TPSA) is 310 Å². The van der Waals surface area contributed by atoms with Crippen LogP contribution < -0.4 is 31.9 Å². The van der Waals surface area contributed by atoms with Gasteiger partial charge in [-0.05, 0) is 83.5 Å². The number of hydrogen-bond donors (Lipinski definition) is 6. The summed E-state index contributed by atoms with van der Waals surface area (Å²) in [5.41, 5.74) is 0. The van der Waals surface area contributed by atoms with Gasteiger partial charge in [-0.15, -0.1) is 0 Å². The Morgan fingerprint density at radius 1 is 0.187 bits per heavy atom. The van der Waals surface area contributed by atoms with Crippen LogP contribution in [0.15, 0.2) is 0 Å². The summed E-state index contributed by atoms with van der Waals surface area (Å²) in [6.07, 6.45) is 67.0. The molecular formula is C109H218N6O19. The minimum atomic E-state index is -0.349. The van der Waals surface area contributed by atoms with Crippen LogP contribution in [0.25, 0.3) is 0 Å². The van der Waals surface area contributed by atoms with Gasteiger partial charge in [0, 0.05) is 143 Å². The van der Waals surface area contributed by atoms with Crippen LogP contribution in [0.3, 0.4) is 0 Å². The van der Waals surface area contributed by atoms with Gasteiger partial charge in [0.2, 0.25) is 35.4 Å². The minimum Gasteiger partial charge on any atom is -0.382 e. The Labute approximate surface area is 823 Å². The lowest BCUT2D eigenvalue weighted by molar-refractivity contribution is -0.129. The van der Waals surface area contributed by atoms with E-state index in [1.807, 2.05) is 6.92 Å². The van der Waals surface area contributed by atoms with Crippen LogP contribution in [0.5, 0.6) is 0 Å². The highest BCUT2D eigenvalue weighted by atomic mass is 16.6. The van der Waals surface area contributed by atoms with Crippen molar-refractivity contribution in [3.63, 3.8) is 0 Å². The Bertz CT molecular complexity index is 2440. The van der Waals surface area contributed by atoms with E-state index in [4.69, 9.17) is 52.1 Å². The predicted molar refractivity (Wildman–Crippen MR) is 555 cm³/mol. The lowest BCUT2D eigenvalue weighted by Crippen LogP contribution is -2.33. The molecule has 0 aromatic rings. The molecule has 0 aliphatic rings. The number of amides is 6. The van der Waals surface area contributed by atoms with Crippen molar-refractivity contribution >= 4 is 47.0 Å². The molecule has 798 valence electrons. The maximum absolute atomic E-state index is 13.3. The van der Waals surface area contributed by atoms with E-state index in [0.717, 1.165) is 89.9 Å². The highest BCUT2D eigenvalue weighted by Crippen LogP contribution is 2.22. The molecule has 6 N–H and O–H groups in total. The number of methoxy groups -OCH3 is 1. The van der Waals surface area contributed by atoms with Crippen LogP contribution in [0.2, 0.25) is 0 Å². The molecule has 0 saturated carbocycles. The first-order valence-electron chi connectivity index (χ1n) is 54.3. The number of unbranched alkanes of at least 4 members (excludes halogenated alkanes) is 42.